The van der Waals surface area contributed by atoms with Crippen molar-refractivity contribution in [3.05, 3.63) is 28.5 Å². The lowest BCUT2D eigenvalue weighted by molar-refractivity contribution is -0.0274. The number of aliphatic hydroxyl groups excluding tert-OH is 1. The largest absolute Gasteiger partial charge is 0.389 e. The average molecular weight is 360 g/mol. The average Bonchev–Trinajstić information content (AvgIpc) is 2.46. The summed E-state index contributed by atoms with van der Waals surface area (Å²) in [5, 5.41) is 13.0. The van der Waals surface area contributed by atoms with Crippen LogP contribution in [0.2, 0.25) is 0 Å². The van der Waals surface area contributed by atoms with Gasteiger partial charge in [-0.3, -0.25) is 0 Å². The van der Waals surface area contributed by atoms with E-state index in [0.29, 0.717) is 17.6 Å². The van der Waals surface area contributed by atoms with Crippen molar-refractivity contribution in [1.82, 2.24) is 0 Å². The summed E-state index contributed by atoms with van der Waals surface area (Å²) < 4.78 is 19.3. The minimum absolute atomic E-state index is 0.281. The van der Waals surface area contributed by atoms with E-state index < -0.39 is 6.10 Å². The van der Waals surface area contributed by atoms with Gasteiger partial charge in [0.05, 0.1) is 23.3 Å². The Balaban J connectivity index is 1.69. The van der Waals surface area contributed by atoms with Crippen molar-refractivity contribution in [2.45, 2.75) is 44.8 Å². The number of benzene rings is 1. The molecule has 1 saturated carbocycles. The normalized spacial score (nSPS) is 23.8. The maximum atomic E-state index is 13.1. The Hall–Kier alpha value is -0.650. The zero-order chi connectivity index (χ0) is 15.2. The predicted molar refractivity (Wildman–Crippen MR) is 86.0 cm³/mol. The van der Waals surface area contributed by atoms with Crippen molar-refractivity contribution in [2.75, 3.05) is 18.5 Å². The molecule has 3 unspecified atom stereocenters. The minimum Gasteiger partial charge on any atom is -0.389 e. The van der Waals surface area contributed by atoms with Gasteiger partial charge in [0.15, 0.2) is 0 Å². The summed E-state index contributed by atoms with van der Waals surface area (Å²) in [5.74, 6) is 0.423. The van der Waals surface area contributed by atoms with Gasteiger partial charge < -0.3 is 15.2 Å². The highest BCUT2D eigenvalue weighted by molar-refractivity contribution is 9.10. The monoisotopic (exact) mass is 359 g/mol. The van der Waals surface area contributed by atoms with Crippen LogP contribution in [-0.4, -0.2) is 30.5 Å². The zero-order valence-electron chi connectivity index (χ0n) is 12.3. The van der Waals surface area contributed by atoms with E-state index in [1.807, 2.05) is 0 Å². The molecule has 3 atom stereocenters. The van der Waals surface area contributed by atoms with Crippen LogP contribution in [0.25, 0.3) is 0 Å². The molecule has 1 aliphatic rings. The van der Waals surface area contributed by atoms with Crippen molar-refractivity contribution in [1.29, 1.82) is 0 Å². The first-order chi connectivity index (χ1) is 10.0. The molecule has 1 aromatic rings. The first-order valence-corrected chi connectivity index (χ1v) is 8.32. The summed E-state index contributed by atoms with van der Waals surface area (Å²) in [4.78, 5) is 0. The number of nitrogens with one attached hydrogen (secondary N) is 1. The molecule has 0 bridgehead atoms. The van der Waals surface area contributed by atoms with Gasteiger partial charge in [-0.2, -0.15) is 0 Å². The molecule has 1 aromatic carbocycles. The van der Waals surface area contributed by atoms with Crippen LogP contribution < -0.4 is 5.32 Å². The molecule has 118 valence electrons. The smallest absolute Gasteiger partial charge is 0.137 e. The number of hydrogen-bond donors (Lipinski definition) is 2. The third-order valence-corrected chi connectivity index (χ3v) is 4.48. The standard InChI is InChI=1S/C16H23BrFNO2/c1-11-3-2-4-14(7-11)21-10-13(20)9-19-12-5-6-16(18)15(17)8-12/h5-6,8,11,13-14,19-20H,2-4,7,9-10H2,1H3. The zero-order valence-corrected chi connectivity index (χ0v) is 13.9. The Morgan fingerprint density at radius 2 is 2.29 bits per heavy atom. The lowest BCUT2D eigenvalue weighted by atomic mass is 9.89. The van der Waals surface area contributed by atoms with E-state index in [0.717, 1.165) is 24.4 Å². The molecule has 0 radical (unpaired) electrons. The number of halogens is 2. The molecule has 0 saturated heterocycles. The van der Waals surface area contributed by atoms with Crippen molar-refractivity contribution in [2.24, 2.45) is 5.92 Å². The van der Waals surface area contributed by atoms with Crippen LogP contribution in [-0.2, 0) is 4.74 Å². The van der Waals surface area contributed by atoms with Gasteiger partial charge in [0, 0.05) is 12.2 Å². The molecule has 0 heterocycles. The summed E-state index contributed by atoms with van der Waals surface area (Å²) in [7, 11) is 0. The Morgan fingerprint density at radius 1 is 1.48 bits per heavy atom. The number of hydrogen-bond acceptors (Lipinski definition) is 3. The molecule has 3 nitrogen and oxygen atoms in total. The van der Waals surface area contributed by atoms with Crippen molar-refractivity contribution >= 4 is 21.6 Å². The van der Waals surface area contributed by atoms with E-state index in [1.54, 1.807) is 12.1 Å². The highest BCUT2D eigenvalue weighted by atomic mass is 79.9. The number of anilines is 1. The van der Waals surface area contributed by atoms with Crippen molar-refractivity contribution < 1.29 is 14.2 Å². The van der Waals surface area contributed by atoms with Gasteiger partial charge in [-0.25, -0.2) is 4.39 Å². The molecule has 2 rings (SSSR count). The van der Waals surface area contributed by atoms with E-state index in [4.69, 9.17) is 4.74 Å². The first kappa shape index (κ1) is 16.7. The third-order valence-electron chi connectivity index (χ3n) is 3.87. The fourth-order valence-electron chi connectivity index (χ4n) is 2.68. The Bertz CT molecular complexity index is 458. The Morgan fingerprint density at radius 3 is 3.00 bits per heavy atom. The molecule has 5 heteroatoms. The van der Waals surface area contributed by atoms with E-state index in [-0.39, 0.29) is 11.9 Å². The van der Waals surface area contributed by atoms with Gasteiger partial charge in [0.25, 0.3) is 0 Å². The second-order valence-electron chi connectivity index (χ2n) is 5.89. The maximum absolute atomic E-state index is 13.1. The molecule has 0 amide bonds. The van der Waals surface area contributed by atoms with Crippen LogP contribution in [0.3, 0.4) is 0 Å². The lowest BCUT2D eigenvalue weighted by Crippen LogP contribution is -2.30. The Labute approximate surface area is 134 Å². The topological polar surface area (TPSA) is 41.5 Å². The molecule has 1 fully saturated rings. The highest BCUT2D eigenvalue weighted by Crippen LogP contribution is 2.25. The molecule has 21 heavy (non-hydrogen) atoms. The molecule has 1 aliphatic carbocycles. The highest BCUT2D eigenvalue weighted by Gasteiger charge is 2.20. The van der Waals surface area contributed by atoms with Crippen LogP contribution in [0.15, 0.2) is 22.7 Å². The van der Waals surface area contributed by atoms with Crippen LogP contribution in [0.5, 0.6) is 0 Å². The van der Waals surface area contributed by atoms with Gasteiger partial charge in [-0.1, -0.05) is 19.8 Å². The second-order valence-corrected chi connectivity index (χ2v) is 6.75. The molecular formula is C16H23BrFNO2. The molecule has 0 aliphatic heterocycles. The predicted octanol–water partition coefficient (Wildman–Crippen LogP) is 3.96. The van der Waals surface area contributed by atoms with Gasteiger partial charge in [-0.05, 0) is 52.9 Å². The van der Waals surface area contributed by atoms with Crippen LogP contribution in [0, 0.1) is 11.7 Å². The molecule has 0 spiro atoms. The fourth-order valence-corrected chi connectivity index (χ4v) is 3.06. The number of ether oxygens (including phenoxy) is 1. The first-order valence-electron chi connectivity index (χ1n) is 7.53. The summed E-state index contributed by atoms with van der Waals surface area (Å²) in [5.41, 5.74) is 0.772. The summed E-state index contributed by atoms with van der Waals surface area (Å²) in [6.07, 6.45) is 4.39. The number of rotatable bonds is 6. The third kappa shape index (κ3) is 5.57. The van der Waals surface area contributed by atoms with Crippen molar-refractivity contribution in [3.63, 3.8) is 0 Å². The summed E-state index contributed by atoms with van der Waals surface area (Å²) in [6.45, 7) is 2.98. The van der Waals surface area contributed by atoms with Gasteiger partial charge in [0.1, 0.15) is 5.82 Å². The summed E-state index contributed by atoms with van der Waals surface area (Å²) in [6, 6.07) is 4.70. The lowest BCUT2D eigenvalue weighted by Gasteiger charge is -2.27. The van der Waals surface area contributed by atoms with E-state index in [1.165, 1.54) is 18.9 Å². The second kappa shape index (κ2) is 8.11. The van der Waals surface area contributed by atoms with Crippen LogP contribution in [0.1, 0.15) is 32.6 Å². The molecular weight excluding hydrogens is 337 g/mol. The van der Waals surface area contributed by atoms with Crippen LogP contribution >= 0.6 is 15.9 Å². The van der Waals surface area contributed by atoms with Crippen molar-refractivity contribution in [3.8, 4) is 0 Å². The van der Waals surface area contributed by atoms with E-state index >= 15 is 0 Å². The fraction of sp³-hybridized carbons (Fsp3) is 0.625. The molecule has 2 N–H and O–H groups in total. The quantitative estimate of drug-likeness (QED) is 0.807. The van der Waals surface area contributed by atoms with E-state index in [2.05, 4.69) is 28.2 Å². The number of aliphatic hydroxyl groups is 1. The molecule has 0 aromatic heterocycles. The van der Waals surface area contributed by atoms with Crippen LogP contribution in [0.4, 0.5) is 10.1 Å². The summed E-state index contributed by atoms with van der Waals surface area (Å²) >= 11 is 3.14. The SMILES string of the molecule is CC1CCCC(OCC(O)CNc2ccc(F)c(Br)c2)C1. The van der Waals surface area contributed by atoms with Gasteiger partial charge in [0.2, 0.25) is 0 Å². The maximum Gasteiger partial charge on any atom is 0.137 e. The minimum atomic E-state index is -0.564. The Kier molecular flexibility index (Phi) is 6.45. The van der Waals surface area contributed by atoms with Gasteiger partial charge >= 0.3 is 0 Å². The van der Waals surface area contributed by atoms with Gasteiger partial charge in [-0.15, -0.1) is 0 Å². The van der Waals surface area contributed by atoms with E-state index in [9.17, 15) is 9.50 Å².